The number of nitrogens with zero attached hydrogens (tertiary/aromatic N) is 1. The van der Waals surface area contributed by atoms with Crippen molar-refractivity contribution in [3.8, 4) is 45.0 Å². The van der Waals surface area contributed by atoms with Crippen molar-refractivity contribution >= 4 is 10.8 Å². The van der Waals surface area contributed by atoms with E-state index in [0.29, 0.717) is 11.8 Å². The van der Waals surface area contributed by atoms with Gasteiger partial charge >= 0.3 is 0 Å². The van der Waals surface area contributed by atoms with Gasteiger partial charge < -0.3 is 4.74 Å². The first-order chi connectivity index (χ1) is 17.8. The summed E-state index contributed by atoms with van der Waals surface area (Å²) in [6.45, 7) is 13.5. The molecule has 0 radical (unpaired) electrons. The fourth-order valence-corrected chi connectivity index (χ4v) is 5.79. The molecule has 1 aliphatic heterocycles. The van der Waals surface area contributed by atoms with E-state index in [1.165, 1.54) is 49.7 Å². The molecule has 0 bridgehead atoms. The van der Waals surface area contributed by atoms with E-state index in [0.717, 1.165) is 28.3 Å². The first-order valence-electron chi connectivity index (χ1n) is 13.3. The van der Waals surface area contributed by atoms with Crippen LogP contribution in [0.5, 0.6) is 11.5 Å². The molecule has 0 N–H and O–H groups in total. The number of ether oxygens (including phenoxy) is 1. The van der Waals surface area contributed by atoms with Crippen molar-refractivity contribution in [3.05, 3.63) is 101 Å². The predicted octanol–water partition coefficient (Wildman–Crippen LogP) is 10.2. The van der Waals surface area contributed by atoms with Crippen LogP contribution in [0.3, 0.4) is 0 Å². The van der Waals surface area contributed by atoms with Gasteiger partial charge in [0.2, 0.25) is 0 Å². The zero-order valence-electron chi connectivity index (χ0n) is 22.5. The van der Waals surface area contributed by atoms with Crippen LogP contribution in [0.25, 0.3) is 44.3 Å². The summed E-state index contributed by atoms with van der Waals surface area (Å²) in [6.07, 6.45) is 2.02. The van der Waals surface area contributed by atoms with E-state index in [1.807, 2.05) is 6.20 Å². The van der Waals surface area contributed by atoms with E-state index in [2.05, 4.69) is 114 Å². The van der Waals surface area contributed by atoms with E-state index in [1.54, 1.807) is 0 Å². The molecule has 0 unspecified atom stereocenters. The van der Waals surface area contributed by atoms with Gasteiger partial charge in [-0.15, -0.1) is 0 Å². The van der Waals surface area contributed by atoms with Gasteiger partial charge in [0.25, 0.3) is 0 Å². The lowest BCUT2D eigenvalue weighted by molar-refractivity contribution is 0.488. The standard InChI is InChI=1S/C35H33NO/c1-20(2)28-16-22(5)17-29(21(3)4)34(28)30-18-31(36-19-23(30)6)27-14-9-13-26-25-12-7-10-24-11-8-15-32(33(24)25)37-35(26)27/h7-21H,1-6H3. The highest BCUT2D eigenvalue weighted by molar-refractivity contribution is 6.05. The smallest absolute Gasteiger partial charge is 0.144 e. The van der Waals surface area contributed by atoms with Gasteiger partial charge in [0.1, 0.15) is 11.5 Å². The van der Waals surface area contributed by atoms with Crippen molar-refractivity contribution in [2.24, 2.45) is 0 Å². The average molecular weight is 484 g/mol. The molecule has 0 saturated carbocycles. The molecule has 5 aromatic rings. The number of para-hydroxylation sites is 1. The number of aryl methyl sites for hydroxylation is 2. The molecular weight excluding hydrogens is 450 g/mol. The van der Waals surface area contributed by atoms with Crippen LogP contribution in [-0.4, -0.2) is 4.98 Å². The molecule has 2 heteroatoms. The largest absolute Gasteiger partial charge is 0.455 e. The number of aromatic nitrogens is 1. The van der Waals surface area contributed by atoms with Crippen molar-refractivity contribution in [2.75, 3.05) is 0 Å². The Hall–Kier alpha value is -3.91. The minimum Gasteiger partial charge on any atom is -0.455 e. The maximum atomic E-state index is 6.61. The maximum Gasteiger partial charge on any atom is 0.144 e. The SMILES string of the molecule is Cc1cc(C(C)C)c(-c2cc(-c3cccc4c3Oc3cccc5cccc-4c35)ncc2C)c(C(C)C)c1. The van der Waals surface area contributed by atoms with Crippen LogP contribution in [0.2, 0.25) is 0 Å². The molecule has 37 heavy (non-hydrogen) atoms. The Balaban J connectivity index is 1.58. The summed E-state index contributed by atoms with van der Waals surface area (Å²) < 4.78 is 6.61. The van der Waals surface area contributed by atoms with Crippen molar-refractivity contribution in [1.29, 1.82) is 0 Å². The zero-order chi connectivity index (χ0) is 25.8. The van der Waals surface area contributed by atoms with Gasteiger partial charge in [-0.2, -0.15) is 0 Å². The molecule has 2 heterocycles. The monoisotopic (exact) mass is 483 g/mol. The minimum atomic E-state index is 0.424. The normalized spacial score (nSPS) is 12.2. The van der Waals surface area contributed by atoms with Crippen LogP contribution in [0.15, 0.2) is 79.0 Å². The van der Waals surface area contributed by atoms with Crippen LogP contribution >= 0.6 is 0 Å². The Morgan fingerprint density at radius 1 is 0.676 bits per heavy atom. The summed E-state index contributed by atoms with van der Waals surface area (Å²) in [6, 6.07) is 26.2. The molecule has 0 aliphatic carbocycles. The highest BCUT2D eigenvalue weighted by Gasteiger charge is 2.24. The first kappa shape index (κ1) is 23.5. The number of benzene rings is 4. The molecular formula is C35H33NO. The Bertz CT molecular complexity index is 1640. The highest BCUT2D eigenvalue weighted by atomic mass is 16.5. The molecule has 0 spiro atoms. The summed E-state index contributed by atoms with van der Waals surface area (Å²) in [4.78, 5) is 4.93. The summed E-state index contributed by atoms with van der Waals surface area (Å²) >= 11 is 0. The lowest BCUT2D eigenvalue weighted by atomic mass is 9.82. The molecule has 2 nitrogen and oxygen atoms in total. The van der Waals surface area contributed by atoms with Gasteiger partial charge in [-0.1, -0.05) is 87.9 Å². The summed E-state index contributed by atoms with van der Waals surface area (Å²) in [5.74, 6) is 2.64. The van der Waals surface area contributed by atoms with Crippen molar-refractivity contribution < 1.29 is 4.74 Å². The second-order valence-corrected chi connectivity index (χ2v) is 11.0. The number of rotatable bonds is 4. The molecule has 6 rings (SSSR count). The predicted molar refractivity (Wildman–Crippen MR) is 156 cm³/mol. The second kappa shape index (κ2) is 8.88. The van der Waals surface area contributed by atoms with Gasteiger partial charge in [-0.05, 0) is 82.6 Å². The van der Waals surface area contributed by atoms with Gasteiger partial charge in [0.15, 0.2) is 0 Å². The van der Waals surface area contributed by atoms with Crippen LogP contribution in [-0.2, 0) is 0 Å². The Labute approximate surface area is 220 Å². The number of hydrogen-bond donors (Lipinski definition) is 0. The van der Waals surface area contributed by atoms with Crippen molar-refractivity contribution in [1.82, 2.24) is 4.98 Å². The topological polar surface area (TPSA) is 22.1 Å². The molecule has 184 valence electrons. The summed E-state index contributed by atoms with van der Waals surface area (Å²) in [7, 11) is 0. The van der Waals surface area contributed by atoms with E-state index in [4.69, 9.17) is 9.72 Å². The molecule has 0 saturated heterocycles. The number of hydrogen-bond acceptors (Lipinski definition) is 2. The fourth-order valence-electron chi connectivity index (χ4n) is 5.79. The summed E-state index contributed by atoms with van der Waals surface area (Å²) in [5, 5.41) is 2.37. The molecule has 1 aliphatic rings. The fraction of sp³-hybridized carbons (Fsp3) is 0.229. The van der Waals surface area contributed by atoms with Crippen LogP contribution < -0.4 is 4.74 Å². The van der Waals surface area contributed by atoms with E-state index in [9.17, 15) is 0 Å². The highest BCUT2D eigenvalue weighted by Crippen LogP contribution is 2.50. The van der Waals surface area contributed by atoms with Crippen molar-refractivity contribution in [2.45, 2.75) is 53.4 Å². The zero-order valence-corrected chi connectivity index (χ0v) is 22.5. The minimum absolute atomic E-state index is 0.424. The lowest BCUT2D eigenvalue weighted by Gasteiger charge is -2.24. The molecule has 0 atom stereocenters. The molecule has 1 aromatic heterocycles. The van der Waals surface area contributed by atoms with Crippen LogP contribution in [0.1, 0.15) is 61.8 Å². The molecule has 0 amide bonds. The molecule has 4 aromatic carbocycles. The lowest BCUT2D eigenvalue weighted by Crippen LogP contribution is -2.03. The van der Waals surface area contributed by atoms with Crippen LogP contribution in [0.4, 0.5) is 0 Å². The van der Waals surface area contributed by atoms with Gasteiger partial charge in [-0.25, -0.2) is 0 Å². The van der Waals surface area contributed by atoms with Gasteiger partial charge in [0.05, 0.1) is 5.69 Å². The third-order valence-corrected chi connectivity index (χ3v) is 7.62. The van der Waals surface area contributed by atoms with Gasteiger partial charge in [0, 0.05) is 22.7 Å². The Morgan fingerprint density at radius 3 is 2.00 bits per heavy atom. The summed E-state index contributed by atoms with van der Waals surface area (Å²) in [5.41, 5.74) is 12.2. The van der Waals surface area contributed by atoms with E-state index < -0.39 is 0 Å². The average Bonchev–Trinajstić information content (AvgIpc) is 2.89. The Kier molecular flexibility index (Phi) is 5.64. The third kappa shape index (κ3) is 3.83. The first-order valence-corrected chi connectivity index (χ1v) is 13.3. The van der Waals surface area contributed by atoms with Gasteiger partial charge in [-0.3, -0.25) is 4.98 Å². The quantitative estimate of drug-likeness (QED) is 0.249. The van der Waals surface area contributed by atoms with E-state index >= 15 is 0 Å². The maximum absolute atomic E-state index is 6.61. The molecule has 0 fully saturated rings. The van der Waals surface area contributed by atoms with Crippen LogP contribution in [0, 0.1) is 13.8 Å². The number of pyridine rings is 1. The second-order valence-electron chi connectivity index (χ2n) is 11.0. The van der Waals surface area contributed by atoms with E-state index in [-0.39, 0.29) is 0 Å². The Morgan fingerprint density at radius 2 is 1.30 bits per heavy atom. The van der Waals surface area contributed by atoms with Crippen molar-refractivity contribution in [3.63, 3.8) is 0 Å². The number of fused-ring (bicyclic) bond motifs is 2. The third-order valence-electron chi connectivity index (χ3n) is 7.62.